The quantitative estimate of drug-likeness (QED) is 0.743. The van der Waals surface area contributed by atoms with Crippen LogP contribution in [0.15, 0.2) is 48.5 Å². The highest BCUT2D eigenvalue weighted by Crippen LogP contribution is 2.44. The molecule has 1 fully saturated rings. The summed E-state index contributed by atoms with van der Waals surface area (Å²) < 4.78 is 0. The fourth-order valence-electron chi connectivity index (χ4n) is 4.53. The summed E-state index contributed by atoms with van der Waals surface area (Å²) in [5.74, 6) is 0.736. The zero-order valence-electron chi connectivity index (χ0n) is 13.9. The van der Waals surface area contributed by atoms with Gasteiger partial charge in [0.25, 0.3) is 0 Å². The second-order valence-corrected chi connectivity index (χ2v) is 7.42. The van der Waals surface area contributed by atoms with Crippen molar-refractivity contribution < 1.29 is 4.79 Å². The van der Waals surface area contributed by atoms with Gasteiger partial charge in [0.1, 0.15) is 0 Å². The Morgan fingerprint density at radius 3 is 2.67 bits per heavy atom. The lowest BCUT2D eigenvalue weighted by Gasteiger charge is -2.47. The minimum Gasteiger partial charge on any atom is -0.332 e. The van der Waals surface area contributed by atoms with Crippen LogP contribution in [0.3, 0.4) is 0 Å². The van der Waals surface area contributed by atoms with Gasteiger partial charge in [0.2, 0.25) is 5.91 Å². The molecule has 0 saturated carbocycles. The molecule has 1 aliphatic carbocycles. The average Bonchev–Trinajstić information content (AvgIpc) is 2.61. The molecule has 4 rings (SSSR count). The van der Waals surface area contributed by atoms with Crippen molar-refractivity contribution in [3.05, 3.63) is 70.2 Å². The van der Waals surface area contributed by atoms with Crippen LogP contribution in [0.2, 0.25) is 5.02 Å². The van der Waals surface area contributed by atoms with Crippen molar-refractivity contribution in [1.82, 2.24) is 4.90 Å². The Morgan fingerprint density at radius 1 is 1.08 bits per heavy atom. The van der Waals surface area contributed by atoms with Crippen LogP contribution in [0.5, 0.6) is 0 Å². The first-order valence-electron chi connectivity index (χ1n) is 8.79. The van der Waals surface area contributed by atoms with Crippen LogP contribution in [-0.2, 0) is 11.2 Å². The van der Waals surface area contributed by atoms with E-state index >= 15 is 0 Å². The first kappa shape index (κ1) is 15.7. The van der Waals surface area contributed by atoms with E-state index in [9.17, 15) is 4.79 Å². The molecular formula is C21H22ClNO. The number of rotatable bonds is 2. The average molecular weight is 340 g/mol. The summed E-state index contributed by atoms with van der Waals surface area (Å²) in [6, 6.07) is 17.1. The van der Waals surface area contributed by atoms with Crippen LogP contribution in [0, 0.1) is 0 Å². The maximum absolute atomic E-state index is 12.7. The SMILES string of the molecule is C[C@@H](c1ccccc1)N1C(=O)CC[C@@H]2c3ccc(Cl)cc3CC[C@H]21. The summed E-state index contributed by atoms with van der Waals surface area (Å²) in [5, 5.41) is 0.814. The van der Waals surface area contributed by atoms with E-state index in [1.165, 1.54) is 16.7 Å². The van der Waals surface area contributed by atoms with Crippen molar-refractivity contribution in [3.63, 3.8) is 0 Å². The molecule has 3 atom stereocenters. The molecule has 2 aromatic rings. The van der Waals surface area contributed by atoms with Gasteiger partial charge < -0.3 is 4.90 Å². The molecule has 1 saturated heterocycles. The Balaban J connectivity index is 1.69. The Hall–Kier alpha value is -1.80. The van der Waals surface area contributed by atoms with Gasteiger partial charge >= 0.3 is 0 Å². The van der Waals surface area contributed by atoms with Gasteiger partial charge in [0.05, 0.1) is 6.04 Å². The van der Waals surface area contributed by atoms with E-state index in [1.54, 1.807) is 0 Å². The largest absolute Gasteiger partial charge is 0.332 e. The molecule has 2 aromatic carbocycles. The molecule has 1 aliphatic heterocycles. The third-order valence-electron chi connectivity index (χ3n) is 5.69. The number of carbonyl (C=O) groups is 1. The number of carbonyl (C=O) groups excluding carboxylic acids is 1. The minimum atomic E-state index is 0.125. The van der Waals surface area contributed by atoms with Crippen molar-refractivity contribution in [2.45, 2.75) is 50.6 Å². The van der Waals surface area contributed by atoms with Gasteiger partial charge in [0, 0.05) is 23.4 Å². The van der Waals surface area contributed by atoms with E-state index in [0.29, 0.717) is 24.3 Å². The summed E-state index contributed by atoms with van der Waals surface area (Å²) >= 11 is 6.17. The fraction of sp³-hybridized carbons (Fsp3) is 0.381. The van der Waals surface area contributed by atoms with Crippen molar-refractivity contribution in [2.24, 2.45) is 0 Å². The maximum atomic E-state index is 12.7. The molecule has 0 N–H and O–H groups in total. The van der Waals surface area contributed by atoms with Gasteiger partial charge in [-0.25, -0.2) is 0 Å². The van der Waals surface area contributed by atoms with Gasteiger partial charge in [-0.15, -0.1) is 0 Å². The van der Waals surface area contributed by atoms with Crippen LogP contribution in [0.25, 0.3) is 0 Å². The predicted molar refractivity (Wildman–Crippen MR) is 97.2 cm³/mol. The van der Waals surface area contributed by atoms with Crippen molar-refractivity contribution in [1.29, 1.82) is 0 Å². The topological polar surface area (TPSA) is 20.3 Å². The highest BCUT2D eigenvalue weighted by atomic mass is 35.5. The lowest BCUT2D eigenvalue weighted by Crippen LogP contribution is -2.50. The summed E-state index contributed by atoms with van der Waals surface area (Å²) in [7, 11) is 0. The monoisotopic (exact) mass is 339 g/mol. The van der Waals surface area contributed by atoms with Crippen LogP contribution in [0.1, 0.15) is 54.8 Å². The van der Waals surface area contributed by atoms with Crippen LogP contribution in [0.4, 0.5) is 0 Å². The molecule has 0 bridgehead atoms. The van der Waals surface area contributed by atoms with Gasteiger partial charge in [0.15, 0.2) is 0 Å². The predicted octanol–water partition coefficient (Wildman–Crippen LogP) is 5.12. The summed E-state index contributed by atoms with van der Waals surface area (Å²) in [5.41, 5.74) is 3.98. The third kappa shape index (κ3) is 2.63. The number of likely N-dealkylation sites (tertiary alicyclic amines) is 1. The van der Waals surface area contributed by atoms with Crippen molar-refractivity contribution in [2.75, 3.05) is 0 Å². The first-order valence-corrected chi connectivity index (χ1v) is 9.17. The normalized spacial score (nSPS) is 24.2. The molecule has 1 heterocycles. The molecule has 1 amide bonds. The number of piperidine rings is 1. The third-order valence-corrected chi connectivity index (χ3v) is 5.93. The number of fused-ring (bicyclic) bond motifs is 3. The number of halogens is 1. The van der Waals surface area contributed by atoms with Crippen molar-refractivity contribution in [3.8, 4) is 0 Å². The maximum Gasteiger partial charge on any atom is 0.223 e. The lowest BCUT2D eigenvalue weighted by atomic mass is 9.73. The highest BCUT2D eigenvalue weighted by molar-refractivity contribution is 6.30. The molecule has 0 radical (unpaired) electrons. The summed E-state index contributed by atoms with van der Waals surface area (Å²) in [6.45, 7) is 2.16. The Morgan fingerprint density at radius 2 is 1.88 bits per heavy atom. The van der Waals surface area contributed by atoms with Gasteiger partial charge in [-0.3, -0.25) is 4.79 Å². The smallest absolute Gasteiger partial charge is 0.223 e. The van der Waals surface area contributed by atoms with E-state index in [-0.39, 0.29) is 6.04 Å². The zero-order chi connectivity index (χ0) is 16.7. The van der Waals surface area contributed by atoms with Crippen molar-refractivity contribution >= 4 is 17.5 Å². The standard InChI is InChI=1S/C21H22ClNO/c1-14(15-5-3-2-4-6-15)23-20-11-7-16-13-17(22)8-9-18(16)19(20)10-12-21(23)24/h2-6,8-9,13-14,19-20H,7,10-12H2,1H3/t14-,19+,20+/m0/s1. The van der Waals surface area contributed by atoms with E-state index < -0.39 is 0 Å². The molecular weight excluding hydrogens is 318 g/mol. The molecule has 124 valence electrons. The van der Waals surface area contributed by atoms with E-state index in [0.717, 1.165) is 24.3 Å². The number of hydrogen-bond acceptors (Lipinski definition) is 1. The first-order chi connectivity index (χ1) is 11.6. The molecule has 2 aliphatic rings. The molecule has 3 heteroatoms. The van der Waals surface area contributed by atoms with E-state index in [1.807, 2.05) is 12.1 Å². The summed E-state index contributed by atoms with van der Waals surface area (Å²) in [6.07, 6.45) is 3.62. The zero-order valence-corrected chi connectivity index (χ0v) is 14.7. The fourth-order valence-corrected chi connectivity index (χ4v) is 4.73. The molecule has 0 aromatic heterocycles. The molecule has 0 spiro atoms. The van der Waals surface area contributed by atoms with E-state index in [4.69, 9.17) is 11.6 Å². The number of benzene rings is 2. The number of amides is 1. The Kier molecular flexibility index (Phi) is 4.09. The van der Waals surface area contributed by atoms with Gasteiger partial charge in [-0.05, 0) is 55.0 Å². The number of aryl methyl sites for hydroxylation is 1. The Bertz CT molecular complexity index is 758. The highest BCUT2D eigenvalue weighted by Gasteiger charge is 2.41. The Labute approximate surface area is 148 Å². The summed E-state index contributed by atoms with van der Waals surface area (Å²) in [4.78, 5) is 14.9. The minimum absolute atomic E-state index is 0.125. The van der Waals surface area contributed by atoms with Gasteiger partial charge in [-0.2, -0.15) is 0 Å². The molecule has 24 heavy (non-hydrogen) atoms. The molecule has 2 nitrogen and oxygen atoms in total. The van der Waals surface area contributed by atoms with Crippen LogP contribution in [-0.4, -0.2) is 16.8 Å². The van der Waals surface area contributed by atoms with Crippen LogP contribution < -0.4 is 0 Å². The second-order valence-electron chi connectivity index (χ2n) is 6.98. The van der Waals surface area contributed by atoms with Crippen LogP contribution >= 0.6 is 11.6 Å². The van der Waals surface area contributed by atoms with Gasteiger partial charge in [-0.1, -0.05) is 48.0 Å². The van der Waals surface area contributed by atoms with E-state index in [2.05, 4.69) is 48.2 Å². The lowest BCUT2D eigenvalue weighted by molar-refractivity contribution is -0.140. The second kappa shape index (κ2) is 6.25. The number of nitrogens with zero attached hydrogens (tertiary/aromatic N) is 1. The number of hydrogen-bond donors (Lipinski definition) is 0. The molecule has 0 unspecified atom stereocenters.